The molecule has 108 valence electrons. The first-order chi connectivity index (χ1) is 9.43. The fraction of sp³-hybridized carbons (Fsp3) is 0.308. The molecule has 0 amide bonds. The maximum atomic E-state index is 12.4. The first kappa shape index (κ1) is 14.1. The molecule has 2 aromatic rings. The SMILES string of the molecule is COc1ccc(-c2nc(C)n(C)c2N)cc1OC(F)F. The fourth-order valence-electron chi connectivity index (χ4n) is 1.85. The van der Waals surface area contributed by atoms with Gasteiger partial charge in [0.2, 0.25) is 0 Å². The first-order valence-electron chi connectivity index (χ1n) is 5.86. The lowest BCUT2D eigenvalue weighted by Gasteiger charge is -2.11. The minimum atomic E-state index is -2.93. The highest BCUT2D eigenvalue weighted by molar-refractivity contribution is 5.73. The molecule has 1 aromatic carbocycles. The molecule has 0 aliphatic carbocycles. The van der Waals surface area contributed by atoms with E-state index in [4.69, 9.17) is 10.5 Å². The predicted molar refractivity (Wildman–Crippen MR) is 71.0 cm³/mol. The fourth-order valence-corrected chi connectivity index (χ4v) is 1.85. The molecule has 0 saturated heterocycles. The molecule has 2 N–H and O–H groups in total. The summed E-state index contributed by atoms with van der Waals surface area (Å²) < 4.78 is 35.9. The van der Waals surface area contributed by atoms with Crippen molar-refractivity contribution in [2.45, 2.75) is 13.5 Å². The van der Waals surface area contributed by atoms with Crippen LogP contribution in [0.2, 0.25) is 0 Å². The second-order valence-corrected chi connectivity index (χ2v) is 4.20. The van der Waals surface area contributed by atoms with E-state index in [1.165, 1.54) is 19.2 Å². The number of anilines is 1. The van der Waals surface area contributed by atoms with Crippen molar-refractivity contribution >= 4 is 5.82 Å². The van der Waals surface area contributed by atoms with Gasteiger partial charge >= 0.3 is 6.61 Å². The van der Waals surface area contributed by atoms with Crippen molar-refractivity contribution < 1.29 is 18.3 Å². The Morgan fingerprint density at radius 1 is 1.30 bits per heavy atom. The molecule has 0 bridgehead atoms. The first-order valence-corrected chi connectivity index (χ1v) is 5.86. The standard InChI is InChI=1S/C13H15F2N3O2/c1-7-17-11(12(16)18(7)2)8-4-5-9(19-3)10(6-8)20-13(14)15/h4-6,13H,16H2,1-3H3. The number of benzene rings is 1. The Labute approximate surface area is 114 Å². The number of ether oxygens (including phenoxy) is 2. The lowest BCUT2D eigenvalue weighted by atomic mass is 10.1. The normalized spacial score (nSPS) is 10.9. The van der Waals surface area contributed by atoms with Crippen LogP contribution in [-0.4, -0.2) is 23.3 Å². The van der Waals surface area contributed by atoms with E-state index in [2.05, 4.69) is 9.72 Å². The maximum Gasteiger partial charge on any atom is 0.387 e. The van der Waals surface area contributed by atoms with Gasteiger partial charge < -0.3 is 19.8 Å². The minimum Gasteiger partial charge on any atom is -0.493 e. The second kappa shape index (κ2) is 5.36. The molecule has 0 saturated carbocycles. The Hall–Kier alpha value is -2.31. The van der Waals surface area contributed by atoms with Gasteiger partial charge in [0.15, 0.2) is 11.5 Å². The van der Waals surface area contributed by atoms with Crippen LogP contribution in [0.5, 0.6) is 11.5 Å². The highest BCUT2D eigenvalue weighted by Gasteiger charge is 2.16. The number of nitrogens with two attached hydrogens (primary N) is 1. The van der Waals surface area contributed by atoms with Crippen molar-refractivity contribution in [2.75, 3.05) is 12.8 Å². The number of aromatic nitrogens is 2. The molecule has 0 aliphatic heterocycles. The molecule has 0 spiro atoms. The quantitative estimate of drug-likeness (QED) is 0.936. The molecular formula is C13H15F2N3O2. The average molecular weight is 283 g/mol. The number of alkyl halides is 2. The van der Waals surface area contributed by atoms with Crippen LogP contribution < -0.4 is 15.2 Å². The summed E-state index contributed by atoms with van der Waals surface area (Å²) in [4.78, 5) is 4.31. The molecule has 1 heterocycles. The molecule has 5 nitrogen and oxygen atoms in total. The monoisotopic (exact) mass is 283 g/mol. The van der Waals surface area contributed by atoms with E-state index in [-0.39, 0.29) is 11.5 Å². The summed E-state index contributed by atoms with van der Waals surface area (Å²) >= 11 is 0. The minimum absolute atomic E-state index is 0.0530. The van der Waals surface area contributed by atoms with Crippen LogP contribution in [0.3, 0.4) is 0 Å². The maximum absolute atomic E-state index is 12.4. The molecule has 0 atom stereocenters. The zero-order valence-corrected chi connectivity index (χ0v) is 11.4. The Morgan fingerprint density at radius 3 is 2.50 bits per heavy atom. The van der Waals surface area contributed by atoms with Gasteiger partial charge in [0.05, 0.1) is 7.11 Å². The van der Waals surface area contributed by atoms with Crippen LogP contribution in [0.15, 0.2) is 18.2 Å². The number of nitrogens with zero attached hydrogens (tertiary/aromatic N) is 2. The Morgan fingerprint density at radius 2 is 2.00 bits per heavy atom. The van der Waals surface area contributed by atoms with Crippen LogP contribution in [0.1, 0.15) is 5.82 Å². The molecule has 0 unspecified atom stereocenters. The van der Waals surface area contributed by atoms with E-state index in [0.29, 0.717) is 17.1 Å². The number of aryl methyl sites for hydroxylation is 1. The van der Waals surface area contributed by atoms with Gasteiger partial charge in [0.1, 0.15) is 17.3 Å². The smallest absolute Gasteiger partial charge is 0.387 e. The number of nitrogen functional groups attached to an aromatic ring is 1. The molecule has 7 heteroatoms. The zero-order valence-electron chi connectivity index (χ0n) is 11.4. The van der Waals surface area contributed by atoms with E-state index in [1.54, 1.807) is 24.6 Å². The van der Waals surface area contributed by atoms with Gasteiger partial charge in [-0.1, -0.05) is 0 Å². The van der Waals surface area contributed by atoms with E-state index in [9.17, 15) is 8.78 Å². The number of imidazole rings is 1. The molecule has 1 aromatic heterocycles. The highest BCUT2D eigenvalue weighted by Crippen LogP contribution is 2.35. The third-order valence-electron chi connectivity index (χ3n) is 3.02. The lowest BCUT2D eigenvalue weighted by molar-refractivity contribution is -0.0511. The van der Waals surface area contributed by atoms with E-state index >= 15 is 0 Å². The Kier molecular flexibility index (Phi) is 3.78. The van der Waals surface area contributed by atoms with Gasteiger partial charge in [-0.15, -0.1) is 0 Å². The summed E-state index contributed by atoms with van der Waals surface area (Å²) in [6.45, 7) is -1.12. The van der Waals surface area contributed by atoms with Gasteiger partial charge in [-0.25, -0.2) is 4.98 Å². The van der Waals surface area contributed by atoms with Crippen molar-refractivity contribution in [1.29, 1.82) is 0 Å². The predicted octanol–water partition coefficient (Wildman–Crippen LogP) is 2.59. The third-order valence-corrected chi connectivity index (χ3v) is 3.02. The van der Waals surface area contributed by atoms with E-state index < -0.39 is 6.61 Å². The summed E-state index contributed by atoms with van der Waals surface area (Å²) in [5.74, 6) is 1.35. The van der Waals surface area contributed by atoms with Crippen LogP contribution in [0.4, 0.5) is 14.6 Å². The summed E-state index contributed by atoms with van der Waals surface area (Å²) in [6, 6.07) is 4.66. The highest BCUT2D eigenvalue weighted by atomic mass is 19.3. The molecule has 0 fully saturated rings. The van der Waals surface area contributed by atoms with Gasteiger partial charge in [0, 0.05) is 12.6 Å². The zero-order chi connectivity index (χ0) is 14.9. The number of hydrogen-bond donors (Lipinski definition) is 1. The van der Waals surface area contributed by atoms with E-state index in [0.717, 1.165) is 5.82 Å². The average Bonchev–Trinajstić information content (AvgIpc) is 2.66. The van der Waals surface area contributed by atoms with Crippen molar-refractivity contribution in [3.8, 4) is 22.8 Å². The summed E-state index contributed by atoms with van der Waals surface area (Å²) in [5.41, 5.74) is 7.04. The molecule has 0 radical (unpaired) electrons. The van der Waals surface area contributed by atoms with Crippen molar-refractivity contribution in [2.24, 2.45) is 7.05 Å². The number of hydrogen-bond acceptors (Lipinski definition) is 4. The Bertz CT molecular complexity index is 626. The molecular weight excluding hydrogens is 268 g/mol. The van der Waals surface area contributed by atoms with Gasteiger partial charge in [0.25, 0.3) is 0 Å². The second-order valence-electron chi connectivity index (χ2n) is 4.20. The topological polar surface area (TPSA) is 62.3 Å². The summed E-state index contributed by atoms with van der Waals surface area (Å²) in [5, 5.41) is 0. The van der Waals surface area contributed by atoms with Crippen LogP contribution in [0, 0.1) is 6.92 Å². The van der Waals surface area contributed by atoms with Crippen molar-refractivity contribution in [1.82, 2.24) is 9.55 Å². The Balaban J connectivity index is 2.49. The van der Waals surface area contributed by atoms with Gasteiger partial charge in [-0.05, 0) is 25.1 Å². The molecule has 0 aliphatic rings. The van der Waals surface area contributed by atoms with Crippen LogP contribution in [-0.2, 0) is 7.05 Å². The molecule has 20 heavy (non-hydrogen) atoms. The van der Waals surface area contributed by atoms with Crippen molar-refractivity contribution in [3.63, 3.8) is 0 Å². The number of halogens is 2. The third kappa shape index (κ3) is 2.52. The molecule has 2 rings (SSSR count). The van der Waals surface area contributed by atoms with Crippen molar-refractivity contribution in [3.05, 3.63) is 24.0 Å². The summed E-state index contributed by atoms with van der Waals surface area (Å²) in [7, 11) is 3.16. The number of rotatable bonds is 4. The van der Waals surface area contributed by atoms with Gasteiger partial charge in [-0.2, -0.15) is 8.78 Å². The summed E-state index contributed by atoms with van der Waals surface area (Å²) in [6.07, 6.45) is 0. The van der Waals surface area contributed by atoms with Gasteiger partial charge in [-0.3, -0.25) is 0 Å². The van der Waals surface area contributed by atoms with Crippen LogP contribution in [0.25, 0.3) is 11.3 Å². The number of methoxy groups -OCH3 is 1. The largest absolute Gasteiger partial charge is 0.493 e. The lowest BCUT2D eigenvalue weighted by Crippen LogP contribution is -2.04. The van der Waals surface area contributed by atoms with Crippen LogP contribution >= 0.6 is 0 Å². The van der Waals surface area contributed by atoms with E-state index in [1.807, 2.05) is 0 Å².